The van der Waals surface area contributed by atoms with Crippen molar-refractivity contribution >= 4 is 5.82 Å². The second-order valence-electron chi connectivity index (χ2n) is 4.43. The fourth-order valence-corrected chi connectivity index (χ4v) is 2.71. The topological polar surface area (TPSA) is 8.17 Å². The smallest absolute Gasteiger partial charge is 0.109 e. The molecule has 1 aliphatic rings. The van der Waals surface area contributed by atoms with Crippen LogP contribution in [-0.2, 0) is 5.54 Å². The molecule has 0 N–H and O–H groups in total. The molecule has 1 aromatic rings. The Morgan fingerprint density at radius 2 is 2.15 bits per heavy atom. The van der Waals surface area contributed by atoms with Gasteiger partial charge in [-0.15, -0.1) is 0 Å². The van der Waals surface area contributed by atoms with Crippen molar-refractivity contribution < 1.29 is 0 Å². The monoisotopic (exact) mass is 178 g/mol. The van der Waals surface area contributed by atoms with E-state index in [4.69, 9.17) is 0 Å². The van der Waals surface area contributed by atoms with Crippen LogP contribution in [0.25, 0.3) is 0 Å². The van der Waals surface area contributed by atoms with Crippen LogP contribution in [0.5, 0.6) is 0 Å². The molecule has 0 saturated heterocycles. The van der Waals surface area contributed by atoms with E-state index < -0.39 is 0 Å². The molecule has 72 valence electrons. The molecule has 2 heterocycles. The Bertz CT molecular complexity index is 312. The third kappa shape index (κ3) is 0.946. The van der Waals surface area contributed by atoms with Crippen LogP contribution in [0.4, 0.5) is 5.82 Å². The summed E-state index contributed by atoms with van der Waals surface area (Å²) in [6, 6.07) is 4.94. The van der Waals surface area contributed by atoms with E-state index in [0.717, 1.165) is 0 Å². The molecule has 1 atom stereocenters. The molecule has 0 fully saturated rings. The lowest BCUT2D eigenvalue weighted by Gasteiger charge is -2.31. The molecule has 2 nitrogen and oxygen atoms in total. The highest BCUT2D eigenvalue weighted by Crippen LogP contribution is 2.39. The van der Waals surface area contributed by atoms with Crippen LogP contribution in [0.2, 0.25) is 0 Å². The largest absolute Gasteiger partial charge is 0.356 e. The highest BCUT2D eigenvalue weighted by molar-refractivity contribution is 5.47. The summed E-state index contributed by atoms with van der Waals surface area (Å²) in [5, 5.41) is 0. The van der Waals surface area contributed by atoms with E-state index in [9.17, 15) is 0 Å². The molecule has 1 unspecified atom stereocenters. The van der Waals surface area contributed by atoms with E-state index >= 15 is 0 Å². The first-order valence-electron chi connectivity index (χ1n) is 4.99. The summed E-state index contributed by atoms with van der Waals surface area (Å²) in [6.45, 7) is 6.89. The SMILES string of the molecule is CCC1N(C)c2cccn2C1(C)C. The maximum Gasteiger partial charge on any atom is 0.109 e. The Hall–Kier alpha value is -0.920. The van der Waals surface area contributed by atoms with Gasteiger partial charge in [-0.25, -0.2) is 0 Å². The fourth-order valence-electron chi connectivity index (χ4n) is 2.71. The summed E-state index contributed by atoms with van der Waals surface area (Å²) in [6.07, 6.45) is 3.38. The van der Waals surface area contributed by atoms with Crippen molar-refractivity contribution in [3.63, 3.8) is 0 Å². The zero-order valence-corrected chi connectivity index (χ0v) is 8.91. The van der Waals surface area contributed by atoms with E-state index in [-0.39, 0.29) is 5.54 Å². The van der Waals surface area contributed by atoms with Gasteiger partial charge < -0.3 is 9.47 Å². The molecule has 0 amide bonds. The standard InChI is InChI=1S/C11H18N2/c1-5-9-11(2,3)13-8-6-7-10(13)12(9)4/h6-9H,5H2,1-4H3. The summed E-state index contributed by atoms with van der Waals surface area (Å²) < 4.78 is 2.38. The highest BCUT2D eigenvalue weighted by Gasteiger charge is 2.40. The van der Waals surface area contributed by atoms with Gasteiger partial charge in [0.25, 0.3) is 0 Å². The number of fused-ring (bicyclic) bond motifs is 1. The van der Waals surface area contributed by atoms with E-state index in [1.54, 1.807) is 0 Å². The van der Waals surface area contributed by atoms with E-state index in [1.165, 1.54) is 12.2 Å². The molecule has 0 radical (unpaired) electrons. The molecule has 0 bridgehead atoms. The van der Waals surface area contributed by atoms with Gasteiger partial charge in [0.1, 0.15) is 5.82 Å². The second-order valence-corrected chi connectivity index (χ2v) is 4.43. The minimum Gasteiger partial charge on any atom is -0.356 e. The normalized spacial score (nSPS) is 24.9. The quantitative estimate of drug-likeness (QED) is 0.641. The van der Waals surface area contributed by atoms with Crippen molar-refractivity contribution in [3.05, 3.63) is 18.3 Å². The van der Waals surface area contributed by atoms with Crippen molar-refractivity contribution in [2.24, 2.45) is 0 Å². The van der Waals surface area contributed by atoms with Crippen LogP contribution < -0.4 is 4.90 Å². The Balaban J connectivity index is 2.50. The number of likely N-dealkylation sites (N-methyl/N-ethyl adjacent to an activating group) is 1. The van der Waals surface area contributed by atoms with Gasteiger partial charge in [0.2, 0.25) is 0 Å². The summed E-state index contributed by atoms with van der Waals surface area (Å²) in [7, 11) is 2.19. The third-order valence-corrected chi connectivity index (χ3v) is 3.38. The summed E-state index contributed by atoms with van der Waals surface area (Å²) in [5.41, 5.74) is 0.238. The van der Waals surface area contributed by atoms with Gasteiger partial charge in [-0.3, -0.25) is 0 Å². The Labute approximate surface area is 80.2 Å². The summed E-state index contributed by atoms with van der Waals surface area (Å²) in [5.74, 6) is 1.34. The van der Waals surface area contributed by atoms with Crippen molar-refractivity contribution in [3.8, 4) is 0 Å². The lowest BCUT2D eigenvalue weighted by Crippen LogP contribution is -2.40. The van der Waals surface area contributed by atoms with Gasteiger partial charge in [-0.05, 0) is 32.4 Å². The highest BCUT2D eigenvalue weighted by atomic mass is 15.3. The molecule has 1 aromatic heterocycles. The molecule has 0 spiro atoms. The number of hydrogen-bond acceptors (Lipinski definition) is 1. The lowest BCUT2D eigenvalue weighted by molar-refractivity contribution is 0.316. The average Bonchev–Trinajstić information content (AvgIpc) is 2.57. The van der Waals surface area contributed by atoms with Crippen LogP contribution in [0, 0.1) is 0 Å². The van der Waals surface area contributed by atoms with E-state index in [0.29, 0.717) is 6.04 Å². The Morgan fingerprint density at radius 1 is 1.46 bits per heavy atom. The molecule has 0 saturated carbocycles. The number of anilines is 1. The minimum atomic E-state index is 0.238. The van der Waals surface area contributed by atoms with Crippen LogP contribution in [-0.4, -0.2) is 17.7 Å². The summed E-state index contributed by atoms with van der Waals surface area (Å²) >= 11 is 0. The molecule has 0 aliphatic carbocycles. The van der Waals surface area contributed by atoms with Gasteiger partial charge in [-0.1, -0.05) is 6.92 Å². The number of nitrogens with zero attached hydrogens (tertiary/aromatic N) is 2. The molecule has 13 heavy (non-hydrogen) atoms. The first-order chi connectivity index (χ1) is 6.09. The lowest BCUT2D eigenvalue weighted by atomic mass is 9.93. The molecular formula is C11H18N2. The van der Waals surface area contributed by atoms with Crippen LogP contribution in [0.3, 0.4) is 0 Å². The van der Waals surface area contributed by atoms with Crippen LogP contribution in [0.15, 0.2) is 18.3 Å². The Kier molecular flexibility index (Phi) is 1.69. The molecule has 2 rings (SSSR count). The average molecular weight is 178 g/mol. The fraction of sp³-hybridized carbons (Fsp3) is 0.636. The predicted octanol–water partition coefficient (Wildman–Crippen LogP) is 2.45. The zero-order valence-electron chi connectivity index (χ0n) is 8.91. The number of rotatable bonds is 1. The molecule has 1 aliphatic heterocycles. The van der Waals surface area contributed by atoms with Gasteiger partial charge in [0.15, 0.2) is 0 Å². The van der Waals surface area contributed by atoms with Gasteiger partial charge in [0, 0.05) is 13.2 Å². The van der Waals surface area contributed by atoms with E-state index in [2.05, 4.69) is 55.6 Å². The van der Waals surface area contributed by atoms with Crippen molar-refractivity contribution in [1.82, 2.24) is 4.57 Å². The second kappa shape index (κ2) is 2.53. The maximum atomic E-state index is 2.39. The molecule has 0 aromatic carbocycles. The van der Waals surface area contributed by atoms with E-state index in [1.807, 2.05) is 0 Å². The van der Waals surface area contributed by atoms with Crippen LogP contribution >= 0.6 is 0 Å². The number of hydrogen-bond donors (Lipinski definition) is 0. The van der Waals surface area contributed by atoms with Crippen molar-refractivity contribution in [1.29, 1.82) is 0 Å². The van der Waals surface area contributed by atoms with Crippen molar-refractivity contribution in [2.45, 2.75) is 38.8 Å². The van der Waals surface area contributed by atoms with Gasteiger partial charge in [-0.2, -0.15) is 0 Å². The molecule has 2 heteroatoms. The van der Waals surface area contributed by atoms with Crippen molar-refractivity contribution in [2.75, 3.05) is 11.9 Å². The Morgan fingerprint density at radius 3 is 2.69 bits per heavy atom. The number of aromatic nitrogens is 1. The minimum absolute atomic E-state index is 0.238. The summed E-state index contributed by atoms with van der Waals surface area (Å²) in [4.78, 5) is 2.39. The molecular weight excluding hydrogens is 160 g/mol. The van der Waals surface area contributed by atoms with Gasteiger partial charge >= 0.3 is 0 Å². The van der Waals surface area contributed by atoms with Gasteiger partial charge in [0.05, 0.1) is 11.6 Å². The van der Waals surface area contributed by atoms with Crippen LogP contribution in [0.1, 0.15) is 27.2 Å². The first kappa shape index (κ1) is 8.67. The maximum absolute atomic E-state index is 2.39. The predicted molar refractivity (Wildman–Crippen MR) is 56.2 cm³/mol. The zero-order chi connectivity index (χ0) is 9.64. The third-order valence-electron chi connectivity index (χ3n) is 3.38. The first-order valence-corrected chi connectivity index (χ1v) is 4.99.